The molecule has 0 atom stereocenters. The zero-order valence-corrected chi connectivity index (χ0v) is 7.06. The predicted octanol–water partition coefficient (Wildman–Crippen LogP) is -0.330. The highest BCUT2D eigenvalue weighted by Gasteiger charge is 2.16. The molecule has 0 bridgehead atoms. The molecular weight excluding hydrogens is 208 g/mol. The number of aromatic nitrogens is 2. The number of nitrogens with zero attached hydrogens (tertiary/aromatic N) is 1. The van der Waals surface area contributed by atoms with Crippen LogP contribution in [0.15, 0.2) is 15.9 Å². The van der Waals surface area contributed by atoms with Crippen molar-refractivity contribution in [3.63, 3.8) is 0 Å². The van der Waals surface area contributed by atoms with Gasteiger partial charge in [0.2, 0.25) is 0 Å². The number of aromatic amines is 1. The number of halogens is 1. The summed E-state index contributed by atoms with van der Waals surface area (Å²) in [6.07, 6.45) is 0.749. The molecule has 1 heterocycles. The third-order valence-corrected chi connectivity index (χ3v) is 2.39. The molecule has 0 amide bonds. The molecule has 0 aliphatic rings. The fourth-order valence-corrected chi connectivity index (χ4v) is 1.44. The normalized spacial score (nSPS) is 11.5. The van der Waals surface area contributed by atoms with Gasteiger partial charge in [0.15, 0.2) is 0 Å². The van der Waals surface area contributed by atoms with Gasteiger partial charge >= 0.3 is 0 Å². The first-order valence-corrected chi connectivity index (χ1v) is 4.45. The van der Waals surface area contributed by atoms with Crippen LogP contribution >= 0.6 is 11.6 Å². The first-order chi connectivity index (χ1) is 5.43. The molecule has 8 heteroatoms. The molecular formula is C4H3ClN2O4S. The second-order valence-electron chi connectivity index (χ2n) is 1.85. The minimum Gasteiger partial charge on any atom is -0.282 e. The van der Waals surface area contributed by atoms with E-state index in [1.165, 1.54) is 0 Å². The van der Waals surface area contributed by atoms with Gasteiger partial charge in [0.05, 0.1) is 6.20 Å². The molecule has 1 rings (SSSR count). The maximum Gasteiger partial charge on any atom is 0.297 e. The van der Waals surface area contributed by atoms with Crippen LogP contribution in [0.4, 0.5) is 0 Å². The Kier molecular flexibility index (Phi) is 2.18. The highest BCUT2D eigenvalue weighted by Crippen LogP contribution is 2.13. The van der Waals surface area contributed by atoms with E-state index in [4.69, 9.17) is 16.2 Å². The molecule has 0 saturated heterocycles. The Bertz CT molecular complexity index is 450. The van der Waals surface area contributed by atoms with Crippen molar-refractivity contribution in [1.29, 1.82) is 0 Å². The average molecular weight is 211 g/mol. The van der Waals surface area contributed by atoms with Gasteiger partial charge in [0, 0.05) is 0 Å². The molecule has 2 N–H and O–H groups in total. The van der Waals surface area contributed by atoms with E-state index < -0.39 is 25.6 Å². The summed E-state index contributed by atoms with van der Waals surface area (Å²) in [5.41, 5.74) is -0.869. The van der Waals surface area contributed by atoms with Crippen LogP contribution in [-0.4, -0.2) is 23.2 Å². The van der Waals surface area contributed by atoms with Crippen molar-refractivity contribution in [2.24, 2.45) is 0 Å². The highest BCUT2D eigenvalue weighted by atomic mass is 35.5. The van der Waals surface area contributed by atoms with Crippen molar-refractivity contribution in [2.75, 3.05) is 0 Å². The first-order valence-electron chi connectivity index (χ1n) is 2.63. The Morgan fingerprint density at radius 1 is 1.58 bits per heavy atom. The number of rotatable bonds is 1. The lowest BCUT2D eigenvalue weighted by Crippen LogP contribution is -2.13. The van der Waals surface area contributed by atoms with E-state index in [0.29, 0.717) is 0 Å². The summed E-state index contributed by atoms with van der Waals surface area (Å²) in [4.78, 5) is 9.96. The van der Waals surface area contributed by atoms with E-state index in [1.54, 1.807) is 0 Å². The first kappa shape index (κ1) is 9.17. The summed E-state index contributed by atoms with van der Waals surface area (Å²) >= 11 is 5.25. The third-order valence-electron chi connectivity index (χ3n) is 1.04. The second kappa shape index (κ2) is 2.85. The Hall–Kier alpha value is -0.920. The summed E-state index contributed by atoms with van der Waals surface area (Å²) < 4.78 is 29.5. The van der Waals surface area contributed by atoms with Gasteiger partial charge in [-0.1, -0.05) is 11.6 Å². The average Bonchev–Trinajstić information content (AvgIpc) is 1.92. The summed E-state index contributed by atoms with van der Waals surface area (Å²) in [5.74, 6) is 0. The van der Waals surface area contributed by atoms with Gasteiger partial charge in [-0.15, -0.1) is 0 Å². The van der Waals surface area contributed by atoms with E-state index in [1.807, 2.05) is 5.10 Å². The highest BCUT2D eigenvalue weighted by molar-refractivity contribution is 7.86. The quantitative estimate of drug-likeness (QED) is 0.619. The van der Waals surface area contributed by atoms with Crippen LogP contribution in [0.5, 0.6) is 0 Å². The largest absolute Gasteiger partial charge is 0.297 e. The monoisotopic (exact) mass is 210 g/mol. The fraction of sp³-hybridized carbons (Fsp3) is 0. The van der Waals surface area contributed by atoms with Crippen LogP contribution < -0.4 is 5.56 Å². The van der Waals surface area contributed by atoms with Crippen molar-refractivity contribution in [1.82, 2.24) is 10.2 Å². The van der Waals surface area contributed by atoms with Crippen LogP contribution in [0.25, 0.3) is 0 Å². The molecule has 12 heavy (non-hydrogen) atoms. The van der Waals surface area contributed by atoms with E-state index >= 15 is 0 Å². The lowest BCUT2D eigenvalue weighted by Gasteiger charge is -1.95. The zero-order valence-electron chi connectivity index (χ0n) is 5.48. The molecule has 1 aromatic heterocycles. The number of hydrogen-bond donors (Lipinski definition) is 2. The standard InChI is InChI=1S/C4H3ClN2O4S/c5-3-2(12(9,10)11)1-6-7-4(3)8/h1H,(H,7,8)(H,9,10,11). The fourth-order valence-electron chi connectivity index (χ4n) is 0.547. The molecule has 1 aromatic rings. The predicted molar refractivity (Wildman–Crippen MR) is 39.7 cm³/mol. The van der Waals surface area contributed by atoms with Crippen LogP contribution in [0.3, 0.4) is 0 Å². The van der Waals surface area contributed by atoms with Crippen molar-refractivity contribution in [2.45, 2.75) is 4.90 Å². The molecule has 0 aliphatic heterocycles. The molecule has 66 valence electrons. The van der Waals surface area contributed by atoms with Crippen LogP contribution in [0.1, 0.15) is 0 Å². The maximum atomic E-state index is 10.7. The van der Waals surface area contributed by atoms with Gasteiger partial charge in [0.1, 0.15) is 9.92 Å². The maximum absolute atomic E-state index is 10.7. The van der Waals surface area contributed by atoms with Crippen molar-refractivity contribution in [3.05, 3.63) is 21.6 Å². The van der Waals surface area contributed by atoms with Gasteiger partial charge in [-0.2, -0.15) is 13.5 Å². The van der Waals surface area contributed by atoms with Crippen LogP contribution in [0.2, 0.25) is 5.02 Å². The minimum atomic E-state index is -4.47. The Morgan fingerprint density at radius 3 is 2.58 bits per heavy atom. The molecule has 0 aromatic carbocycles. The molecule has 0 saturated carbocycles. The van der Waals surface area contributed by atoms with Gasteiger partial charge in [-0.3, -0.25) is 9.35 Å². The SMILES string of the molecule is O=c1[nH]ncc(S(=O)(=O)O)c1Cl. The molecule has 0 unspecified atom stereocenters. The Labute approximate surface area is 71.9 Å². The third kappa shape index (κ3) is 1.63. The van der Waals surface area contributed by atoms with Crippen molar-refractivity contribution >= 4 is 21.7 Å². The zero-order chi connectivity index (χ0) is 9.35. The summed E-state index contributed by atoms with van der Waals surface area (Å²) in [7, 11) is -4.47. The second-order valence-corrected chi connectivity index (χ2v) is 3.62. The van der Waals surface area contributed by atoms with E-state index in [0.717, 1.165) is 6.20 Å². The topological polar surface area (TPSA) is 100 Å². The van der Waals surface area contributed by atoms with Gasteiger partial charge in [0.25, 0.3) is 15.7 Å². The molecule has 0 radical (unpaired) electrons. The smallest absolute Gasteiger partial charge is 0.282 e. The van der Waals surface area contributed by atoms with Crippen LogP contribution in [0, 0.1) is 0 Å². The summed E-state index contributed by atoms with van der Waals surface area (Å²) in [5, 5.41) is 4.45. The number of nitrogens with one attached hydrogen (secondary N) is 1. The lowest BCUT2D eigenvalue weighted by atomic mass is 10.6. The Balaban J connectivity index is 3.58. The van der Waals surface area contributed by atoms with Gasteiger partial charge < -0.3 is 0 Å². The van der Waals surface area contributed by atoms with E-state index in [-0.39, 0.29) is 0 Å². The van der Waals surface area contributed by atoms with E-state index in [2.05, 4.69) is 5.10 Å². The molecule has 6 nitrogen and oxygen atoms in total. The molecule has 0 fully saturated rings. The Morgan fingerprint density at radius 2 is 2.17 bits per heavy atom. The van der Waals surface area contributed by atoms with Crippen molar-refractivity contribution < 1.29 is 13.0 Å². The minimum absolute atomic E-state index is 0.604. The lowest BCUT2D eigenvalue weighted by molar-refractivity contribution is 0.482. The number of H-pyrrole nitrogens is 1. The number of hydrogen-bond acceptors (Lipinski definition) is 4. The van der Waals surface area contributed by atoms with Crippen molar-refractivity contribution in [3.8, 4) is 0 Å². The summed E-state index contributed by atoms with van der Waals surface area (Å²) in [6, 6.07) is 0. The summed E-state index contributed by atoms with van der Waals surface area (Å²) in [6.45, 7) is 0. The van der Waals surface area contributed by atoms with Crippen LogP contribution in [-0.2, 0) is 10.1 Å². The van der Waals surface area contributed by atoms with Gasteiger partial charge in [-0.25, -0.2) is 5.10 Å². The molecule has 0 aliphatic carbocycles. The van der Waals surface area contributed by atoms with Gasteiger partial charge in [-0.05, 0) is 0 Å². The van der Waals surface area contributed by atoms with E-state index in [9.17, 15) is 13.2 Å². The molecule has 0 spiro atoms.